The molecule has 0 radical (unpaired) electrons. The van der Waals surface area contributed by atoms with Crippen molar-refractivity contribution in [1.82, 2.24) is 9.80 Å². The Hall–Kier alpha value is -3.09. The highest BCUT2D eigenvalue weighted by atomic mass is 35.5. The standard InChI is InChI=1S/C24H23ClN2O4/c1-26(2)24(29)17-5-3-16(4-6-17)14-31-23-15-30-21(10-22(23)28)13-27-11-18-7-8-20(25)9-19(18)12-27/h3-10,15H,11-14H2,1-2H3. The first-order chi connectivity index (χ1) is 14.9. The highest BCUT2D eigenvalue weighted by Crippen LogP contribution is 2.27. The van der Waals surface area contributed by atoms with E-state index in [1.54, 1.807) is 26.2 Å². The first-order valence-corrected chi connectivity index (χ1v) is 10.3. The number of amides is 1. The molecule has 0 aliphatic carbocycles. The molecule has 7 heteroatoms. The van der Waals surface area contributed by atoms with Crippen LogP contribution in [0.15, 0.2) is 64.0 Å². The van der Waals surface area contributed by atoms with Gasteiger partial charge < -0.3 is 14.1 Å². The Bertz CT molecular complexity index is 1150. The SMILES string of the molecule is CN(C)C(=O)c1ccc(COc2coc(CN3Cc4ccc(Cl)cc4C3)cc2=O)cc1. The maximum absolute atomic E-state index is 12.4. The van der Waals surface area contributed by atoms with E-state index >= 15 is 0 Å². The minimum atomic E-state index is -0.222. The zero-order valence-corrected chi connectivity index (χ0v) is 18.2. The van der Waals surface area contributed by atoms with Crippen molar-refractivity contribution in [2.45, 2.75) is 26.2 Å². The van der Waals surface area contributed by atoms with Crippen LogP contribution in [0.5, 0.6) is 5.75 Å². The van der Waals surface area contributed by atoms with Crippen LogP contribution in [0.1, 0.15) is 32.8 Å². The number of benzene rings is 2. The number of hydrogen-bond acceptors (Lipinski definition) is 5. The van der Waals surface area contributed by atoms with Gasteiger partial charge in [-0.1, -0.05) is 29.8 Å². The van der Waals surface area contributed by atoms with Crippen LogP contribution in [0.2, 0.25) is 5.02 Å². The lowest BCUT2D eigenvalue weighted by Crippen LogP contribution is -2.21. The Morgan fingerprint density at radius 3 is 2.55 bits per heavy atom. The Labute approximate surface area is 185 Å². The molecular weight excluding hydrogens is 416 g/mol. The summed E-state index contributed by atoms with van der Waals surface area (Å²) in [5.74, 6) is 0.685. The third kappa shape index (κ3) is 4.98. The van der Waals surface area contributed by atoms with Crippen LogP contribution in [0.25, 0.3) is 0 Å². The van der Waals surface area contributed by atoms with Crippen LogP contribution in [-0.4, -0.2) is 29.8 Å². The molecule has 0 saturated carbocycles. The number of halogens is 1. The molecule has 6 nitrogen and oxygen atoms in total. The number of ether oxygens (including phenoxy) is 1. The van der Waals surface area contributed by atoms with Crippen molar-refractivity contribution in [3.8, 4) is 5.75 Å². The van der Waals surface area contributed by atoms with E-state index in [1.807, 2.05) is 30.3 Å². The fraction of sp³-hybridized carbons (Fsp3) is 0.250. The maximum Gasteiger partial charge on any atom is 0.253 e. The highest BCUT2D eigenvalue weighted by Gasteiger charge is 2.20. The first kappa shape index (κ1) is 21.2. The van der Waals surface area contributed by atoms with Gasteiger partial charge in [0.25, 0.3) is 5.91 Å². The second kappa shape index (κ2) is 8.96. The number of hydrogen-bond donors (Lipinski definition) is 0. The molecule has 0 atom stereocenters. The molecular formula is C24H23ClN2O4. The second-order valence-electron chi connectivity index (χ2n) is 7.82. The third-order valence-electron chi connectivity index (χ3n) is 5.19. The minimum absolute atomic E-state index is 0.0621. The average Bonchev–Trinajstić information content (AvgIpc) is 3.14. The van der Waals surface area contributed by atoms with Gasteiger partial charge in [0.1, 0.15) is 18.6 Å². The fourth-order valence-electron chi connectivity index (χ4n) is 3.56. The molecule has 1 amide bonds. The summed E-state index contributed by atoms with van der Waals surface area (Å²) in [6.07, 6.45) is 1.36. The van der Waals surface area contributed by atoms with Crippen molar-refractivity contribution < 1.29 is 13.9 Å². The van der Waals surface area contributed by atoms with Crippen molar-refractivity contribution in [3.05, 3.63) is 98.1 Å². The summed E-state index contributed by atoms with van der Waals surface area (Å²) in [6.45, 7) is 2.30. The van der Waals surface area contributed by atoms with Crippen LogP contribution >= 0.6 is 11.6 Å². The zero-order chi connectivity index (χ0) is 22.0. The number of carbonyl (C=O) groups excluding carboxylic acids is 1. The zero-order valence-electron chi connectivity index (χ0n) is 17.4. The largest absolute Gasteiger partial charge is 0.482 e. The summed E-state index contributed by atoms with van der Waals surface area (Å²) in [4.78, 5) is 28.1. The summed E-state index contributed by atoms with van der Waals surface area (Å²) in [5, 5.41) is 0.729. The molecule has 0 N–H and O–H groups in total. The Balaban J connectivity index is 1.35. The molecule has 0 fully saturated rings. The summed E-state index contributed by atoms with van der Waals surface area (Å²) in [5.41, 5.74) is 3.68. The Morgan fingerprint density at radius 1 is 1.10 bits per heavy atom. The molecule has 3 aromatic rings. The quantitative estimate of drug-likeness (QED) is 0.580. The molecule has 2 heterocycles. The van der Waals surface area contributed by atoms with Crippen molar-refractivity contribution in [3.63, 3.8) is 0 Å². The Kier molecular flexibility index (Phi) is 6.11. The van der Waals surface area contributed by atoms with Gasteiger partial charge in [-0.25, -0.2) is 0 Å². The average molecular weight is 439 g/mol. The van der Waals surface area contributed by atoms with E-state index < -0.39 is 0 Å². The van der Waals surface area contributed by atoms with Gasteiger partial charge in [0, 0.05) is 43.8 Å². The number of rotatable bonds is 6. The van der Waals surface area contributed by atoms with E-state index in [2.05, 4.69) is 4.90 Å². The molecule has 4 rings (SSSR count). The molecule has 0 bridgehead atoms. The molecule has 31 heavy (non-hydrogen) atoms. The molecule has 1 aromatic heterocycles. The molecule has 1 aliphatic rings. The lowest BCUT2D eigenvalue weighted by molar-refractivity contribution is 0.0827. The van der Waals surface area contributed by atoms with E-state index in [0.29, 0.717) is 17.9 Å². The van der Waals surface area contributed by atoms with Gasteiger partial charge in [0.15, 0.2) is 0 Å². The lowest BCUT2D eigenvalue weighted by atomic mass is 10.1. The highest BCUT2D eigenvalue weighted by molar-refractivity contribution is 6.30. The summed E-state index contributed by atoms with van der Waals surface area (Å²) in [6, 6.07) is 14.5. The van der Waals surface area contributed by atoms with Crippen molar-refractivity contribution in [2.75, 3.05) is 14.1 Å². The van der Waals surface area contributed by atoms with Crippen LogP contribution in [0.4, 0.5) is 0 Å². The summed E-state index contributed by atoms with van der Waals surface area (Å²) < 4.78 is 11.3. The van der Waals surface area contributed by atoms with Gasteiger partial charge in [0.05, 0.1) is 6.54 Å². The number of nitrogens with zero attached hydrogens (tertiary/aromatic N) is 2. The topological polar surface area (TPSA) is 63.0 Å². The molecule has 2 aromatic carbocycles. The Morgan fingerprint density at radius 2 is 1.84 bits per heavy atom. The van der Waals surface area contributed by atoms with Gasteiger partial charge >= 0.3 is 0 Å². The molecule has 0 spiro atoms. The molecule has 0 saturated heterocycles. The van der Waals surface area contributed by atoms with Crippen LogP contribution in [0, 0.1) is 0 Å². The number of fused-ring (bicyclic) bond motifs is 1. The van der Waals surface area contributed by atoms with E-state index in [-0.39, 0.29) is 23.7 Å². The molecule has 1 aliphatic heterocycles. The van der Waals surface area contributed by atoms with Crippen LogP contribution in [-0.2, 0) is 26.2 Å². The van der Waals surface area contributed by atoms with Gasteiger partial charge in [-0.15, -0.1) is 0 Å². The maximum atomic E-state index is 12.4. The fourth-order valence-corrected chi connectivity index (χ4v) is 3.75. The smallest absolute Gasteiger partial charge is 0.253 e. The van der Waals surface area contributed by atoms with E-state index in [9.17, 15) is 9.59 Å². The third-order valence-corrected chi connectivity index (χ3v) is 5.42. The molecule has 160 valence electrons. The summed E-state index contributed by atoms with van der Waals surface area (Å²) in [7, 11) is 3.42. The summed E-state index contributed by atoms with van der Waals surface area (Å²) >= 11 is 6.07. The van der Waals surface area contributed by atoms with Gasteiger partial charge in [0.2, 0.25) is 11.2 Å². The van der Waals surface area contributed by atoms with Gasteiger partial charge in [-0.2, -0.15) is 0 Å². The minimum Gasteiger partial charge on any atom is -0.482 e. The number of carbonyl (C=O) groups is 1. The van der Waals surface area contributed by atoms with E-state index in [0.717, 1.165) is 23.7 Å². The van der Waals surface area contributed by atoms with Gasteiger partial charge in [-0.05, 0) is 41.0 Å². The second-order valence-corrected chi connectivity index (χ2v) is 8.25. The predicted octanol–water partition coefficient (Wildman–Crippen LogP) is 4.09. The van der Waals surface area contributed by atoms with Gasteiger partial charge in [-0.3, -0.25) is 14.5 Å². The lowest BCUT2D eigenvalue weighted by Gasteiger charge is -2.14. The van der Waals surface area contributed by atoms with Crippen LogP contribution < -0.4 is 10.2 Å². The predicted molar refractivity (Wildman–Crippen MR) is 118 cm³/mol. The molecule has 0 unspecified atom stereocenters. The van der Waals surface area contributed by atoms with Crippen molar-refractivity contribution in [2.24, 2.45) is 0 Å². The first-order valence-electron chi connectivity index (χ1n) is 9.94. The van der Waals surface area contributed by atoms with E-state index in [4.69, 9.17) is 20.8 Å². The van der Waals surface area contributed by atoms with E-state index in [1.165, 1.54) is 28.4 Å². The normalized spacial score (nSPS) is 13.1. The monoisotopic (exact) mass is 438 g/mol. The van der Waals surface area contributed by atoms with Crippen LogP contribution in [0.3, 0.4) is 0 Å². The van der Waals surface area contributed by atoms with Crippen molar-refractivity contribution in [1.29, 1.82) is 0 Å². The van der Waals surface area contributed by atoms with Crippen molar-refractivity contribution >= 4 is 17.5 Å².